The van der Waals surface area contributed by atoms with Crippen molar-refractivity contribution in [3.63, 3.8) is 0 Å². The molecule has 28 valence electrons. The fourth-order valence-corrected chi connectivity index (χ4v) is 0. The molecule has 0 aliphatic carbocycles. The van der Waals surface area contributed by atoms with Gasteiger partial charge in [0.25, 0.3) is 0 Å². The van der Waals surface area contributed by atoms with E-state index in [1.807, 2.05) is 0 Å². The Balaban J connectivity index is 0. The van der Waals surface area contributed by atoms with Gasteiger partial charge in [0, 0.05) is 6.92 Å². The molecular formula is C2H6BaOS. The molecule has 0 aliphatic rings. The van der Waals surface area contributed by atoms with E-state index >= 15 is 0 Å². The Bertz CT molecular complexity index is 32.6. The standard InChI is InChI=1S/C2H4OS.Ba.2H/c1-2(3)4;;;/h1H3,(H,3,4);;;. The van der Waals surface area contributed by atoms with E-state index in [4.69, 9.17) is 5.11 Å². The number of hydrogen-bond donors (Lipinski definition) is 1. The molecule has 0 aromatic heterocycles. The van der Waals surface area contributed by atoms with Crippen LogP contribution in [-0.4, -0.2) is 59.0 Å². The molecule has 1 nitrogen and oxygen atoms in total. The molecule has 0 saturated heterocycles. The van der Waals surface area contributed by atoms with E-state index in [0.717, 1.165) is 0 Å². The van der Waals surface area contributed by atoms with Gasteiger partial charge in [-0.25, -0.2) is 0 Å². The van der Waals surface area contributed by atoms with Crippen molar-refractivity contribution in [3.05, 3.63) is 0 Å². The van der Waals surface area contributed by atoms with Crippen LogP contribution in [0.15, 0.2) is 0 Å². The molecule has 0 fully saturated rings. The Hall–Kier alpha value is 1.46. The summed E-state index contributed by atoms with van der Waals surface area (Å²) in [6, 6.07) is 0. The third-order valence-electron chi connectivity index (χ3n) is 0. The molecule has 0 unspecified atom stereocenters. The molecule has 3 heteroatoms. The van der Waals surface area contributed by atoms with E-state index in [1.54, 1.807) is 0 Å². The summed E-state index contributed by atoms with van der Waals surface area (Å²) in [5.41, 5.74) is 0. The first-order valence-corrected chi connectivity index (χ1v) is 1.34. The average molecular weight is 215 g/mol. The molecule has 0 aromatic rings. The molecule has 0 bridgehead atoms. The zero-order chi connectivity index (χ0) is 3.58. The monoisotopic (exact) mass is 216 g/mol. The van der Waals surface area contributed by atoms with Crippen molar-refractivity contribution in [1.29, 1.82) is 0 Å². The van der Waals surface area contributed by atoms with Crippen LogP contribution < -0.4 is 0 Å². The summed E-state index contributed by atoms with van der Waals surface area (Å²) in [4.78, 5) is 0. The van der Waals surface area contributed by atoms with Crippen molar-refractivity contribution in [2.24, 2.45) is 0 Å². The number of rotatable bonds is 0. The van der Waals surface area contributed by atoms with Crippen LogP contribution in [0, 0.1) is 0 Å². The van der Waals surface area contributed by atoms with Crippen LogP contribution in [0.5, 0.6) is 0 Å². The fourth-order valence-electron chi connectivity index (χ4n) is 0. The van der Waals surface area contributed by atoms with Crippen molar-refractivity contribution < 1.29 is 5.11 Å². The van der Waals surface area contributed by atoms with Gasteiger partial charge in [0.1, 0.15) is 0 Å². The Kier molecular flexibility index (Phi) is 10.6. The second kappa shape index (κ2) is 5.46. The second-order valence-electron chi connectivity index (χ2n) is 0.519. The third kappa shape index (κ3) is 30.6. The van der Waals surface area contributed by atoms with E-state index in [-0.39, 0.29) is 53.9 Å². The van der Waals surface area contributed by atoms with Gasteiger partial charge >= 0.3 is 48.9 Å². The molecule has 1 N–H and O–H groups in total. The number of thiocarbonyl (C=S) groups is 1. The zero-order valence-corrected chi connectivity index (χ0v) is 3.17. The Morgan fingerprint density at radius 1 is 1.80 bits per heavy atom. The van der Waals surface area contributed by atoms with Gasteiger partial charge in [0.2, 0.25) is 0 Å². The first kappa shape index (κ1) is 9.68. The van der Waals surface area contributed by atoms with Crippen molar-refractivity contribution in [1.82, 2.24) is 0 Å². The predicted molar refractivity (Wildman–Crippen MR) is 29.4 cm³/mol. The number of aliphatic hydroxyl groups excluding tert-OH is 1. The molecule has 0 aliphatic heterocycles. The number of aliphatic hydroxyl groups is 1. The molecule has 5 heavy (non-hydrogen) atoms. The van der Waals surface area contributed by atoms with Crippen LogP contribution in [0.2, 0.25) is 0 Å². The normalized spacial score (nSPS) is 5.00. The molecule has 0 aromatic carbocycles. The minimum absolute atomic E-state index is 0. The molecule has 0 spiro atoms. The van der Waals surface area contributed by atoms with Crippen molar-refractivity contribution in [2.75, 3.05) is 0 Å². The maximum atomic E-state index is 7.79. The van der Waals surface area contributed by atoms with Gasteiger partial charge in [-0.1, -0.05) is 0 Å². The van der Waals surface area contributed by atoms with Crippen molar-refractivity contribution in [2.45, 2.75) is 6.92 Å². The van der Waals surface area contributed by atoms with Crippen LogP contribution in [0.3, 0.4) is 0 Å². The first-order valence-electron chi connectivity index (χ1n) is 0.928. The number of hydrogen-bond acceptors (Lipinski definition) is 1. The van der Waals surface area contributed by atoms with Crippen LogP contribution in [0.1, 0.15) is 6.92 Å². The van der Waals surface area contributed by atoms with Gasteiger partial charge in [-0.3, -0.25) is 0 Å². The molecule has 0 atom stereocenters. The van der Waals surface area contributed by atoms with Gasteiger partial charge in [0.05, 0.1) is 0 Å². The second-order valence-corrected chi connectivity index (χ2v) is 1.11. The Morgan fingerprint density at radius 3 is 1.80 bits per heavy atom. The van der Waals surface area contributed by atoms with E-state index in [0.29, 0.717) is 0 Å². The van der Waals surface area contributed by atoms with Gasteiger partial charge in [-0.15, -0.1) is 0 Å². The zero-order valence-electron chi connectivity index (χ0n) is 2.36. The molecule has 0 rings (SSSR count). The van der Waals surface area contributed by atoms with Crippen molar-refractivity contribution >= 4 is 66.1 Å². The van der Waals surface area contributed by atoms with E-state index < -0.39 is 0 Å². The molecule has 0 amide bonds. The summed E-state index contributed by atoms with van der Waals surface area (Å²) < 4.78 is 0. The van der Waals surface area contributed by atoms with Gasteiger partial charge < -0.3 is 5.11 Å². The Labute approximate surface area is 76.8 Å². The van der Waals surface area contributed by atoms with Crippen LogP contribution >= 0.6 is 12.2 Å². The summed E-state index contributed by atoms with van der Waals surface area (Å²) >= 11 is 4.09. The van der Waals surface area contributed by atoms with E-state index in [2.05, 4.69) is 12.2 Å². The van der Waals surface area contributed by atoms with Gasteiger partial charge in [0.15, 0.2) is 5.05 Å². The van der Waals surface area contributed by atoms with Crippen LogP contribution in [-0.2, 0) is 0 Å². The maximum absolute atomic E-state index is 7.79. The average Bonchev–Trinajstić information content (AvgIpc) is 0.811. The molecular weight excluding hydrogens is 209 g/mol. The van der Waals surface area contributed by atoms with E-state index in [9.17, 15) is 0 Å². The molecule has 0 saturated carbocycles. The predicted octanol–water partition coefficient (Wildman–Crippen LogP) is -0.0245. The van der Waals surface area contributed by atoms with Crippen LogP contribution in [0.4, 0.5) is 0 Å². The van der Waals surface area contributed by atoms with E-state index in [1.165, 1.54) is 6.92 Å². The Morgan fingerprint density at radius 2 is 1.80 bits per heavy atom. The summed E-state index contributed by atoms with van der Waals surface area (Å²) in [7, 11) is 0. The third-order valence-corrected chi connectivity index (χ3v) is 0. The topological polar surface area (TPSA) is 20.2 Å². The van der Waals surface area contributed by atoms with Gasteiger partial charge in [-0.2, -0.15) is 0 Å². The summed E-state index contributed by atoms with van der Waals surface area (Å²) in [5.74, 6) is 0. The fraction of sp³-hybridized carbons (Fsp3) is 0.500. The first-order chi connectivity index (χ1) is 1.73. The summed E-state index contributed by atoms with van der Waals surface area (Å²) in [6.45, 7) is 1.45. The quantitative estimate of drug-likeness (QED) is 0.453. The molecule has 0 radical (unpaired) electrons. The van der Waals surface area contributed by atoms with Gasteiger partial charge in [-0.05, 0) is 12.2 Å². The summed E-state index contributed by atoms with van der Waals surface area (Å²) in [6.07, 6.45) is 0. The summed E-state index contributed by atoms with van der Waals surface area (Å²) in [5, 5.41) is 7.79. The minimum atomic E-state index is 0. The van der Waals surface area contributed by atoms with Crippen molar-refractivity contribution in [3.8, 4) is 0 Å². The molecule has 0 heterocycles. The SMILES string of the molecule is CC(O)=S.[BaH2]. The van der Waals surface area contributed by atoms with Crippen LogP contribution in [0.25, 0.3) is 0 Å².